The van der Waals surface area contributed by atoms with E-state index in [2.05, 4.69) is 5.32 Å². The van der Waals surface area contributed by atoms with Crippen molar-refractivity contribution in [1.29, 1.82) is 0 Å². The zero-order valence-electron chi connectivity index (χ0n) is 8.73. The Labute approximate surface area is 90.4 Å². The summed E-state index contributed by atoms with van der Waals surface area (Å²) in [6.07, 6.45) is 4.87. The van der Waals surface area contributed by atoms with Gasteiger partial charge in [0.05, 0.1) is 4.90 Å². The molecule has 0 radical (unpaired) electrons. The first-order chi connectivity index (χ1) is 7.05. The highest BCUT2D eigenvalue weighted by Gasteiger charge is 2.17. The Bertz CT molecular complexity index is 449. The molecule has 0 aromatic heterocycles. The van der Waals surface area contributed by atoms with Crippen molar-refractivity contribution < 1.29 is 8.42 Å². The van der Waals surface area contributed by atoms with Crippen molar-refractivity contribution >= 4 is 15.5 Å². The molecule has 1 saturated carbocycles. The molecule has 1 aliphatic rings. The van der Waals surface area contributed by atoms with Crippen LogP contribution in [-0.4, -0.2) is 20.7 Å². The van der Waals surface area contributed by atoms with Crippen LogP contribution in [0.1, 0.15) is 19.3 Å². The normalized spacial score (nSPS) is 17.1. The van der Waals surface area contributed by atoms with Crippen molar-refractivity contribution in [2.45, 2.75) is 30.2 Å². The second-order valence-corrected chi connectivity index (χ2v) is 6.09. The van der Waals surface area contributed by atoms with Crippen LogP contribution >= 0.6 is 0 Å². The quantitative estimate of drug-likeness (QED) is 0.856. The lowest BCUT2D eigenvalue weighted by molar-refractivity contribution is 0.445. The summed E-state index contributed by atoms with van der Waals surface area (Å²) >= 11 is 0. The van der Waals surface area contributed by atoms with Gasteiger partial charge in [0.15, 0.2) is 9.84 Å². The molecule has 1 aromatic carbocycles. The van der Waals surface area contributed by atoms with Gasteiger partial charge in [-0.25, -0.2) is 8.42 Å². The monoisotopic (exact) mass is 225 g/mol. The predicted molar refractivity (Wildman–Crippen MR) is 60.8 cm³/mol. The van der Waals surface area contributed by atoms with Gasteiger partial charge in [-0.2, -0.15) is 0 Å². The van der Waals surface area contributed by atoms with Gasteiger partial charge in [-0.3, -0.25) is 0 Å². The van der Waals surface area contributed by atoms with E-state index in [1.165, 1.54) is 25.5 Å². The van der Waals surface area contributed by atoms with E-state index < -0.39 is 9.84 Å². The molecule has 1 aromatic rings. The van der Waals surface area contributed by atoms with Crippen LogP contribution < -0.4 is 5.32 Å². The zero-order valence-corrected chi connectivity index (χ0v) is 9.55. The van der Waals surface area contributed by atoms with Crippen molar-refractivity contribution in [3.8, 4) is 0 Å². The lowest BCUT2D eigenvalue weighted by Gasteiger charge is -2.27. The number of hydrogen-bond acceptors (Lipinski definition) is 3. The van der Waals surface area contributed by atoms with Crippen LogP contribution in [0.4, 0.5) is 5.69 Å². The molecule has 0 heterocycles. The molecule has 0 atom stereocenters. The topological polar surface area (TPSA) is 46.2 Å². The molecule has 2 rings (SSSR count). The number of anilines is 1. The van der Waals surface area contributed by atoms with E-state index in [1.807, 2.05) is 6.07 Å². The third-order valence-electron chi connectivity index (χ3n) is 2.74. The highest BCUT2D eigenvalue weighted by Crippen LogP contribution is 2.24. The summed E-state index contributed by atoms with van der Waals surface area (Å²) < 4.78 is 22.7. The average Bonchev–Trinajstić information content (AvgIpc) is 2.11. The van der Waals surface area contributed by atoms with E-state index in [0.29, 0.717) is 10.9 Å². The predicted octanol–water partition coefficient (Wildman–Crippen LogP) is 2.05. The van der Waals surface area contributed by atoms with Crippen LogP contribution in [0.25, 0.3) is 0 Å². The number of rotatable bonds is 3. The lowest BCUT2D eigenvalue weighted by atomic mass is 9.93. The minimum absolute atomic E-state index is 0.381. The van der Waals surface area contributed by atoms with Gasteiger partial charge in [0.1, 0.15) is 0 Å². The summed E-state index contributed by atoms with van der Waals surface area (Å²) in [6.45, 7) is 0. The fraction of sp³-hybridized carbons (Fsp3) is 0.455. The van der Waals surface area contributed by atoms with Crippen LogP contribution in [0.5, 0.6) is 0 Å². The van der Waals surface area contributed by atoms with Crippen LogP contribution in [0.3, 0.4) is 0 Å². The van der Waals surface area contributed by atoms with Crippen LogP contribution in [0, 0.1) is 0 Å². The zero-order chi connectivity index (χ0) is 10.9. The SMILES string of the molecule is CS(=O)(=O)c1cccc(NC2CCC2)c1. The Morgan fingerprint density at radius 3 is 2.60 bits per heavy atom. The third-order valence-corrected chi connectivity index (χ3v) is 3.85. The van der Waals surface area contributed by atoms with Crippen molar-refractivity contribution in [3.05, 3.63) is 24.3 Å². The highest BCUT2D eigenvalue weighted by atomic mass is 32.2. The first-order valence-electron chi connectivity index (χ1n) is 5.12. The maximum atomic E-state index is 11.3. The molecular formula is C11H15NO2S. The second kappa shape index (κ2) is 3.85. The molecule has 0 bridgehead atoms. The van der Waals surface area contributed by atoms with E-state index in [-0.39, 0.29) is 0 Å². The Balaban J connectivity index is 2.18. The first-order valence-corrected chi connectivity index (χ1v) is 7.01. The maximum Gasteiger partial charge on any atom is 0.175 e. The van der Waals surface area contributed by atoms with Gasteiger partial charge in [0, 0.05) is 18.0 Å². The van der Waals surface area contributed by atoms with E-state index in [1.54, 1.807) is 18.2 Å². The Morgan fingerprint density at radius 1 is 1.33 bits per heavy atom. The summed E-state index contributed by atoms with van der Waals surface area (Å²) in [4.78, 5) is 0.381. The van der Waals surface area contributed by atoms with Crippen LogP contribution in [-0.2, 0) is 9.84 Å². The molecule has 1 aliphatic carbocycles. The van der Waals surface area contributed by atoms with Crippen LogP contribution in [0.2, 0.25) is 0 Å². The summed E-state index contributed by atoms with van der Waals surface area (Å²) in [5, 5.41) is 3.33. The minimum atomic E-state index is -3.09. The molecule has 0 saturated heterocycles. The minimum Gasteiger partial charge on any atom is -0.382 e. The van der Waals surface area contributed by atoms with Crippen LogP contribution in [0.15, 0.2) is 29.2 Å². The summed E-state index contributed by atoms with van der Waals surface area (Å²) in [5.41, 5.74) is 0.905. The van der Waals surface area contributed by atoms with E-state index in [4.69, 9.17) is 0 Å². The van der Waals surface area contributed by atoms with Crippen molar-refractivity contribution in [1.82, 2.24) is 0 Å². The number of benzene rings is 1. The molecule has 0 unspecified atom stereocenters. The standard InChI is InChI=1S/C11H15NO2S/c1-15(13,14)11-7-3-6-10(8-11)12-9-4-2-5-9/h3,6-9,12H,2,4-5H2,1H3. The Kier molecular flexibility index (Phi) is 2.69. The molecule has 3 nitrogen and oxygen atoms in total. The fourth-order valence-electron chi connectivity index (χ4n) is 1.60. The molecule has 0 aliphatic heterocycles. The Morgan fingerprint density at radius 2 is 2.07 bits per heavy atom. The molecule has 82 valence electrons. The molecule has 1 fully saturated rings. The number of hydrogen-bond donors (Lipinski definition) is 1. The van der Waals surface area contributed by atoms with Gasteiger partial charge in [-0.1, -0.05) is 6.07 Å². The van der Waals surface area contributed by atoms with Gasteiger partial charge < -0.3 is 5.32 Å². The smallest absolute Gasteiger partial charge is 0.175 e. The number of nitrogens with one attached hydrogen (secondary N) is 1. The van der Waals surface area contributed by atoms with Gasteiger partial charge in [0.2, 0.25) is 0 Å². The molecule has 1 N–H and O–H groups in total. The van der Waals surface area contributed by atoms with Gasteiger partial charge in [-0.05, 0) is 37.5 Å². The first kappa shape index (κ1) is 10.5. The van der Waals surface area contributed by atoms with Gasteiger partial charge in [-0.15, -0.1) is 0 Å². The van der Waals surface area contributed by atoms with E-state index >= 15 is 0 Å². The lowest BCUT2D eigenvalue weighted by Crippen LogP contribution is -2.26. The molecular weight excluding hydrogens is 210 g/mol. The Hall–Kier alpha value is -1.03. The maximum absolute atomic E-state index is 11.3. The molecule has 15 heavy (non-hydrogen) atoms. The summed E-state index contributed by atoms with van der Waals surface area (Å²) in [6, 6.07) is 7.54. The van der Waals surface area contributed by atoms with Gasteiger partial charge in [0.25, 0.3) is 0 Å². The fourth-order valence-corrected chi connectivity index (χ4v) is 2.27. The van der Waals surface area contributed by atoms with Gasteiger partial charge >= 0.3 is 0 Å². The largest absolute Gasteiger partial charge is 0.382 e. The van der Waals surface area contributed by atoms with Crippen molar-refractivity contribution in [3.63, 3.8) is 0 Å². The second-order valence-electron chi connectivity index (χ2n) is 4.07. The average molecular weight is 225 g/mol. The molecule has 0 spiro atoms. The van der Waals surface area contributed by atoms with Crippen molar-refractivity contribution in [2.75, 3.05) is 11.6 Å². The van der Waals surface area contributed by atoms with E-state index in [9.17, 15) is 8.42 Å². The van der Waals surface area contributed by atoms with E-state index in [0.717, 1.165) is 5.69 Å². The summed E-state index contributed by atoms with van der Waals surface area (Å²) in [5.74, 6) is 0. The highest BCUT2D eigenvalue weighted by molar-refractivity contribution is 7.90. The molecule has 0 amide bonds. The third kappa shape index (κ3) is 2.50. The molecule has 4 heteroatoms. The number of sulfone groups is 1. The summed E-state index contributed by atoms with van der Waals surface area (Å²) in [7, 11) is -3.09. The van der Waals surface area contributed by atoms with Crippen molar-refractivity contribution in [2.24, 2.45) is 0 Å².